The average molecular weight is 572 g/mol. The third kappa shape index (κ3) is 3.83. The molecule has 0 atom stereocenters. The molecule has 44 heavy (non-hydrogen) atoms. The van der Waals surface area contributed by atoms with Gasteiger partial charge in [0.05, 0.1) is 26.2 Å². The number of nitrogens with zero attached hydrogens (tertiary/aromatic N) is 4. The summed E-state index contributed by atoms with van der Waals surface area (Å²) in [6, 6.07) is 29.9. The van der Waals surface area contributed by atoms with Gasteiger partial charge in [-0.3, -0.25) is 4.57 Å². The van der Waals surface area contributed by atoms with E-state index < -0.39 is 12.1 Å². The smallest absolute Gasteiger partial charge is 0.238 e. The van der Waals surface area contributed by atoms with Gasteiger partial charge in [-0.15, -0.1) is 0 Å². The molecule has 3 aromatic heterocycles. The fraction of sp³-hybridized carbons (Fsp3) is 0. The Morgan fingerprint density at radius 2 is 1.25 bits per heavy atom. The Morgan fingerprint density at radius 3 is 2.09 bits per heavy atom. The van der Waals surface area contributed by atoms with Gasteiger partial charge in [-0.25, -0.2) is 4.98 Å². The van der Waals surface area contributed by atoms with Crippen LogP contribution in [-0.4, -0.2) is 19.5 Å². The topological polar surface area (TPSA) is 56.7 Å². The van der Waals surface area contributed by atoms with Crippen molar-refractivity contribution in [2.45, 2.75) is 0 Å². The lowest BCUT2D eigenvalue weighted by Crippen LogP contribution is -2.06. The molecular formula is C39H24N4O. The molecule has 206 valence electrons. The van der Waals surface area contributed by atoms with Gasteiger partial charge in [0.25, 0.3) is 0 Å². The van der Waals surface area contributed by atoms with Crippen LogP contribution in [0.2, 0.25) is 0 Å². The molecule has 0 fully saturated rings. The Hall–Kier alpha value is -6.07. The van der Waals surface area contributed by atoms with E-state index in [-0.39, 0.29) is 69.6 Å². The highest BCUT2D eigenvalue weighted by atomic mass is 16.3. The van der Waals surface area contributed by atoms with E-state index in [1.165, 1.54) is 10.6 Å². The number of hydrogen-bond acceptors (Lipinski definition) is 4. The van der Waals surface area contributed by atoms with Crippen LogP contribution in [0.25, 0.3) is 83.6 Å². The molecule has 3 heterocycles. The highest BCUT2D eigenvalue weighted by molar-refractivity contribution is 6.10. The summed E-state index contributed by atoms with van der Waals surface area (Å²) in [6.07, 6.45) is 0. The van der Waals surface area contributed by atoms with Gasteiger partial charge >= 0.3 is 0 Å². The Morgan fingerprint density at radius 1 is 0.523 bits per heavy atom. The zero-order chi connectivity index (χ0) is 35.1. The lowest BCUT2D eigenvalue weighted by atomic mass is 10.0. The molecule has 5 nitrogen and oxygen atoms in total. The highest BCUT2D eigenvalue weighted by Crippen LogP contribution is 2.38. The molecule has 0 aliphatic carbocycles. The number of hydrogen-bond donors (Lipinski definition) is 0. The third-order valence-electron chi connectivity index (χ3n) is 7.78. The van der Waals surface area contributed by atoms with E-state index in [4.69, 9.17) is 29.0 Å². The normalized spacial score (nSPS) is 13.9. The first-order chi connectivity index (χ1) is 24.7. The van der Waals surface area contributed by atoms with Crippen LogP contribution in [0.1, 0.15) is 9.60 Å². The molecule has 0 saturated carbocycles. The van der Waals surface area contributed by atoms with Gasteiger partial charge in [-0.1, -0.05) is 115 Å². The number of rotatable bonds is 4. The van der Waals surface area contributed by atoms with E-state index in [1.54, 1.807) is 0 Å². The number of para-hydroxylation sites is 3. The van der Waals surface area contributed by atoms with Crippen LogP contribution in [0.15, 0.2) is 150 Å². The van der Waals surface area contributed by atoms with E-state index in [0.29, 0.717) is 22.3 Å². The molecule has 0 amide bonds. The number of furan rings is 1. The number of aromatic nitrogens is 4. The standard InChI is InChI=1S/C39H24N4O/c1-3-12-25(13-4-1)27-22-23-30-31-18-11-19-32(36(31)44-35(30)24-27)38-40-37(26-14-5-2-6-15-26)41-39(42-38)43-33-20-9-7-16-28(33)29-17-8-10-21-34(29)43/h1-24H/i7D,8D,9D,16D,17D,20D,21D. The molecule has 0 aliphatic rings. The van der Waals surface area contributed by atoms with Gasteiger partial charge in [-0.05, 0) is 41.4 Å². The zero-order valence-electron chi connectivity index (χ0n) is 30.0. The molecule has 5 heteroatoms. The predicted molar refractivity (Wildman–Crippen MR) is 178 cm³/mol. The molecule has 0 saturated heterocycles. The molecule has 0 spiro atoms. The molecule has 0 bridgehead atoms. The SMILES string of the molecule is [2H]c1cc([2H])c2c(c1[2H])c1c([2H])c([2H])c([2H])c([2H])c1n2-c1nc(-c2ccccc2)nc(-c2cccc3c2oc2cc(-c4ccccc4)ccc23)n1. The van der Waals surface area contributed by atoms with Crippen LogP contribution in [0.4, 0.5) is 0 Å². The van der Waals surface area contributed by atoms with Crippen molar-refractivity contribution in [3.63, 3.8) is 0 Å². The van der Waals surface area contributed by atoms with Crippen LogP contribution in [0, 0.1) is 0 Å². The van der Waals surface area contributed by atoms with Gasteiger partial charge in [-0.2, -0.15) is 9.97 Å². The maximum atomic E-state index is 8.96. The highest BCUT2D eigenvalue weighted by Gasteiger charge is 2.20. The quantitative estimate of drug-likeness (QED) is 0.211. The summed E-state index contributed by atoms with van der Waals surface area (Å²) in [6.45, 7) is 0. The van der Waals surface area contributed by atoms with Crippen molar-refractivity contribution in [3.8, 4) is 39.9 Å². The summed E-state index contributed by atoms with van der Waals surface area (Å²) < 4.78 is 68.7. The van der Waals surface area contributed by atoms with Gasteiger partial charge in [0.1, 0.15) is 11.2 Å². The fourth-order valence-corrected chi connectivity index (χ4v) is 5.75. The Balaban J connectivity index is 1.37. The van der Waals surface area contributed by atoms with Crippen LogP contribution in [0.3, 0.4) is 0 Å². The lowest BCUT2D eigenvalue weighted by Gasteiger charge is -2.11. The number of benzene rings is 6. The third-order valence-corrected chi connectivity index (χ3v) is 7.78. The van der Waals surface area contributed by atoms with Crippen molar-refractivity contribution in [2.75, 3.05) is 0 Å². The summed E-state index contributed by atoms with van der Waals surface area (Å²) in [7, 11) is 0. The Bertz CT molecular complexity index is 2890. The first-order valence-electron chi connectivity index (χ1n) is 17.6. The minimum atomic E-state index is -0.486. The molecule has 9 rings (SSSR count). The summed E-state index contributed by atoms with van der Waals surface area (Å²) >= 11 is 0. The Kier molecular flexibility index (Phi) is 4.09. The largest absolute Gasteiger partial charge is 0.455 e. The van der Waals surface area contributed by atoms with Crippen molar-refractivity contribution in [1.82, 2.24) is 19.5 Å². The summed E-state index contributed by atoms with van der Waals surface area (Å²) in [4.78, 5) is 14.6. The van der Waals surface area contributed by atoms with Crippen molar-refractivity contribution >= 4 is 43.7 Å². The first kappa shape index (κ1) is 18.5. The van der Waals surface area contributed by atoms with Crippen LogP contribution in [-0.2, 0) is 0 Å². The van der Waals surface area contributed by atoms with Crippen molar-refractivity contribution in [1.29, 1.82) is 0 Å². The molecule has 6 aromatic carbocycles. The fourth-order valence-electron chi connectivity index (χ4n) is 5.75. The average Bonchev–Trinajstić information content (AvgIpc) is 3.73. The van der Waals surface area contributed by atoms with Gasteiger partial charge in [0.2, 0.25) is 5.95 Å². The maximum Gasteiger partial charge on any atom is 0.238 e. The molecule has 0 radical (unpaired) electrons. The van der Waals surface area contributed by atoms with Gasteiger partial charge < -0.3 is 4.42 Å². The molecule has 9 aromatic rings. The van der Waals surface area contributed by atoms with E-state index in [9.17, 15) is 0 Å². The monoisotopic (exact) mass is 571 g/mol. The van der Waals surface area contributed by atoms with Crippen molar-refractivity contribution in [2.24, 2.45) is 0 Å². The summed E-state index contributed by atoms with van der Waals surface area (Å²) in [5.41, 5.74) is 4.60. The van der Waals surface area contributed by atoms with Crippen molar-refractivity contribution in [3.05, 3.63) is 145 Å². The lowest BCUT2D eigenvalue weighted by molar-refractivity contribution is 0.669. The summed E-state index contributed by atoms with van der Waals surface area (Å²) in [5.74, 6) is 0.493. The van der Waals surface area contributed by atoms with Gasteiger partial charge in [0.15, 0.2) is 11.6 Å². The molecule has 0 aliphatic heterocycles. The first-order valence-corrected chi connectivity index (χ1v) is 14.1. The van der Waals surface area contributed by atoms with Crippen LogP contribution < -0.4 is 0 Å². The van der Waals surface area contributed by atoms with E-state index in [0.717, 1.165) is 21.9 Å². The molecular weight excluding hydrogens is 540 g/mol. The van der Waals surface area contributed by atoms with Crippen molar-refractivity contribution < 1.29 is 14.0 Å². The minimum absolute atomic E-state index is 0.00449. The van der Waals surface area contributed by atoms with E-state index >= 15 is 0 Å². The Labute approximate surface area is 262 Å². The maximum absolute atomic E-state index is 8.96. The minimum Gasteiger partial charge on any atom is -0.455 e. The van der Waals surface area contributed by atoms with E-state index in [2.05, 4.69) is 6.07 Å². The van der Waals surface area contributed by atoms with E-state index in [1.807, 2.05) is 91.0 Å². The second kappa shape index (κ2) is 9.75. The second-order valence-electron chi connectivity index (χ2n) is 10.4. The van der Waals surface area contributed by atoms with Crippen LogP contribution >= 0.6 is 0 Å². The zero-order valence-corrected chi connectivity index (χ0v) is 23.0. The predicted octanol–water partition coefficient (Wildman–Crippen LogP) is 9.87. The summed E-state index contributed by atoms with van der Waals surface area (Å²) in [5, 5.41) is 1.83. The molecule has 0 unspecified atom stereocenters. The van der Waals surface area contributed by atoms with Crippen LogP contribution in [0.5, 0.6) is 0 Å². The van der Waals surface area contributed by atoms with Gasteiger partial charge in [0, 0.05) is 27.1 Å². The number of fused-ring (bicyclic) bond motifs is 6. The second-order valence-corrected chi connectivity index (χ2v) is 10.4. The molecule has 0 N–H and O–H groups in total.